The number of hydrogen-bond acceptors (Lipinski definition) is 5. The molecule has 2 heterocycles. The van der Waals surface area contributed by atoms with E-state index in [1.165, 1.54) is 0 Å². The van der Waals surface area contributed by atoms with Crippen LogP contribution >= 0.6 is 0 Å². The number of nitrogens with one attached hydrogen (secondary N) is 2. The zero-order valence-corrected chi connectivity index (χ0v) is 13.3. The summed E-state index contributed by atoms with van der Waals surface area (Å²) in [5.41, 5.74) is 7.11. The lowest BCUT2D eigenvalue weighted by Crippen LogP contribution is -2.42. The minimum Gasteiger partial charge on any atom is -0.491 e. The minimum atomic E-state index is -0.0639. The lowest BCUT2D eigenvalue weighted by molar-refractivity contribution is 0.0929. The molecule has 2 aliphatic rings. The van der Waals surface area contributed by atoms with Crippen LogP contribution in [0.5, 0.6) is 5.75 Å². The van der Waals surface area contributed by atoms with Gasteiger partial charge < -0.3 is 25.8 Å². The molecule has 2 saturated heterocycles. The SMILES string of the molecule is Nc1ccc(C(=O)NC2CCNCC2)cc1OCC1CCOC1. The van der Waals surface area contributed by atoms with Crippen molar-refractivity contribution in [1.29, 1.82) is 0 Å². The summed E-state index contributed by atoms with van der Waals surface area (Å²) < 4.78 is 11.1. The fourth-order valence-electron chi connectivity index (χ4n) is 2.96. The number of anilines is 1. The van der Waals surface area contributed by atoms with E-state index in [4.69, 9.17) is 15.2 Å². The van der Waals surface area contributed by atoms with Crippen LogP contribution in [-0.4, -0.2) is 44.9 Å². The van der Waals surface area contributed by atoms with Crippen molar-refractivity contribution in [2.24, 2.45) is 5.92 Å². The van der Waals surface area contributed by atoms with Gasteiger partial charge in [0.15, 0.2) is 0 Å². The van der Waals surface area contributed by atoms with Gasteiger partial charge in [-0.05, 0) is 50.6 Å². The van der Waals surface area contributed by atoms with Crippen LogP contribution in [0.1, 0.15) is 29.6 Å². The van der Waals surface area contributed by atoms with Crippen molar-refractivity contribution in [3.63, 3.8) is 0 Å². The maximum absolute atomic E-state index is 12.4. The normalized spacial score (nSPS) is 22.0. The molecule has 0 bridgehead atoms. The highest BCUT2D eigenvalue weighted by Crippen LogP contribution is 2.24. The van der Waals surface area contributed by atoms with Crippen LogP contribution in [0.2, 0.25) is 0 Å². The molecule has 0 aliphatic carbocycles. The van der Waals surface area contributed by atoms with E-state index in [-0.39, 0.29) is 11.9 Å². The van der Waals surface area contributed by atoms with Crippen molar-refractivity contribution < 1.29 is 14.3 Å². The number of amides is 1. The van der Waals surface area contributed by atoms with Crippen LogP contribution in [0.15, 0.2) is 18.2 Å². The molecule has 1 amide bonds. The summed E-state index contributed by atoms with van der Waals surface area (Å²) in [6.45, 7) is 4.00. The van der Waals surface area contributed by atoms with Crippen molar-refractivity contribution in [3.05, 3.63) is 23.8 Å². The number of carbonyl (C=O) groups is 1. The maximum atomic E-state index is 12.4. The molecule has 1 aromatic rings. The fraction of sp³-hybridized carbons (Fsp3) is 0.588. The number of benzene rings is 1. The third kappa shape index (κ3) is 4.36. The molecule has 6 nitrogen and oxygen atoms in total. The van der Waals surface area contributed by atoms with E-state index < -0.39 is 0 Å². The second-order valence-corrected chi connectivity index (χ2v) is 6.29. The molecular weight excluding hydrogens is 294 g/mol. The Morgan fingerprint density at radius 2 is 2.17 bits per heavy atom. The summed E-state index contributed by atoms with van der Waals surface area (Å²) in [4.78, 5) is 12.4. The van der Waals surface area contributed by atoms with Crippen LogP contribution in [-0.2, 0) is 4.74 Å². The highest BCUT2D eigenvalue weighted by molar-refractivity contribution is 5.95. The predicted octanol–water partition coefficient (Wildman–Crippen LogP) is 1.17. The fourth-order valence-corrected chi connectivity index (χ4v) is 2.96. The first-order valence-electron chi connectivity index (χ1n) is 8.34. The van der Waals surface area contributed by atoms with E-state index in [2.05, 4.69) is 10.6 Å². The van der Waals surface area contributed by atoms with Gasteiger partial charge in [-0.25, -0.2) is 0 Å². The molecular formula is C17H25N3O3. The Morgan fingerprint density at radius 1 is 1.35 bits per heavy atom. The molecule has 126 valence electrons. The smallest absolute Gasteiger partial charge is 0.251 e. The number of nitrogens with two attached hydrogens (primary N) is 1. The second-order valence-electron chi connectivity index (χ2n) is 6.29. The molecule has 1 aromatic carbocycles. The summed E-state index contributed by atoms with van der Waals surface area (Å²) in [6.07, 6.45) is 2.94. The highest BCUT2D eigenvalue weighted by atomic mass is 16.5. The number of hydrogen-bond donors (Lipinski definition) is 3. The molecule has 3 rings (SSSR count). The maximum Gasteiger partial charge on any atom is 0.251 e. The molecule has 0 aromatic heterocycles. The molecule has 1 atom stereocenters. The predicted molar refractivity (Wildman–Crippen MR) is 88.6 cm³/mol. The summed E-state index contributed by atoms with van der Waals surface area (Å²) in [7, 11) is 0. The molecule has 2 aliphatic heterocycles. The summed E-state index contributed by atoms with van der Waals surface area (Å²) in [6, 6.07) is 5.46. The first-order valence-corrected chi connectivity index (χ1v) is 8.34. The topological polar surface area (TPSA) is 85.6 Å². The number of ether oxygens (including phenoxy) is 2. The molecule has 6 heteroatoms. The van der Waals surface area contributed by atoms with E-state index >= 15 is 0 Å². The van der Waals surface area contributed by atoms with Crippen molar-refractivity contribution in [2.45, 2.75) is 25.3 Å². The molecule has 0 saturated carbocycles. The molecule has 0 spiro atoms. The van der Waals surface area contributed by atoms with E-state index in [1.54, 1.807) is 18.2 Å². The Bertz CT molecular complexity index is 538. The quantitative estimate of drug-likeness (QED) is 0.709. The third-order valence-corrected chi connectivity index (χ3v) is 4.45. The van der Waals surface area contributed by atoms with Gasteiger partial charge in [-0.15, -0.1) is 0 Å². The summed E-state index contributed by atoms with van der Waals surface area (Å²) in [5.74, 6) is 0.919. The first-order chi connectivity index (χ1) is 11.2. The zero-order valence-electron chi connectivity index (χ0n) is 13.3. The van der Waals surface area contributed by atoms with Crippen LogP contribution in [0, 0.1) is 5.92 Å². The van der Waals surface area contributed by atoms with Gasteiger partial charge in [0.2, 0.25) is 0 Å². The van der Waals surface area contributed by atoms with Crippen LogP contribution < -0.4 is 21.1 Å². The van der Waals surface area contributed by atoms with Crippen LogP contribution in [0.4, 0.5) is 5.69 Å². The molecule has 1 unspecified atom stereocenters. The average molecular weight is 319 g/mol. The molecule has 23 heavy (non-hydrogen) atoms. The van der Waals surface area contributed by atoms with Gasteiger partial charge in [0.1, 0.15) is 5.75 Å². The molecule has 2 fully saturated rings. The Morgan fingerprint density at radius 3 is 2.91 bits per heavy atom. The average Bonchev–Trinajstić information content (AvgIpc) is 3.08. The summed E-state index contributed by atoms with van der Waals surface area (Å²) in [5, 5.41) is 6.37. The number of nitrogen functional groups attached to an aromatic ring is 1. The van der Waals surface area contributed by atoms with Gasteiger partial charge in [0.05, 0.1) is 18.9 Å². The van der Waals surface area contributed by atoms with E-state index in [0.29, 0.717) is 29.5 Å². The van der Waals surface area contributed by atoms with Gasteiger partial charge in [0.25, 0.3) is 5.91 Å². The number of carbonyl (C=O) groups excluding carboxylic acids is 1. The van der Waals surface area contributed by atoms with Gasteiger partial charge >= 0.3 is 0 Å². The van der Waals surface area contributed by atoms with E-state index in [9.17, 15) is 4.79 Å². The second kappa shape index (κ2) is 7.66. The standard InChI is InChI=1S/C17H25N3O3/c18-15-2-1-13(17(21)20-14-3-6-19-7-4-14)9-16(15)23-11-12-5-8-22-10-12/h1-2,9,12,14,19H,3-8,10-11,18H2,(H,20,21). The van der Waals surface area contributed by atoms with Crippen LogP contribution in [0.3, 0.4) is 0 Å². The molecule has 4 N–H and O–H groups in total. The van der Waals surface area contributed by atoms with E-state index in [0.717, 1.165) is 45.6 Å². The van der Waals surface area contributed by atoms with Crippen molar-refractivity contribution >= 4 is 11.6 Å². The van der Waals surface area contributed by atoms with Crippen LogP contribution in [0.25, 0.3) is 0 Å². The van der Waals surface area contributed by atoms with E-state index in [1.807, 2.05) is 0 Å². The van der Waals surface area contributed by atoms with Gasteiger partial charge in [-0.3, -0.25) is 4.79 Å². The van der Waals surface area contributed by atoms with Gasteiger partial charge in [0, 0.05) is 24.1 Å². The van der Waals surface area contributed by atoms with Gasteiger partial charge in [-0.1, -0.05) is 0 Å². The number of rotatable bonds is 5. The van der Waals surface area contributed by atoms with Crippen molar-refractivity contribution in [3.8, 4) is 5.75 Å². The third-order valence-electron chi connectivity index (χ3n) is 4.45. The Hall–Kier alpha value is -1.79. The Kier molecular flexibility index (Phi) is 5.35. The monoisotopic (exact) mass is 319 g/mol. The first kappa shape index (κ1) is 16.1. The lowest BCUT2D eigenvalue weighted by atomic mass is 10.1. The summed E-state index contributed by atoms with van der Waals surface area (Å²) >= 11 is 0. The minimum absolute atomic E-state index is 0.0639. The zero-order chi connectivity index (χ0) is 16.1. The number of piperidine rings is 1. The van der Waals surface area contributed by atoms with Gasteiger partial charge in [-0.2, -0.15) is 0 Å². The van der Waals surface area contributed by atoms with Crippen molar-refractivity contribution in [2.75, 3.05) is 38.6 Å². The Balaban J connectivity index is 1.60. The largest absolute Gasteiger partial charge is 0.491 e. The lowest BCUT2D eigenvalue weighted by Gasteiger charge is -2.23. The Labute approximate surface area is 136 Å². The highest BCUT2D eigenvalue weighted by Gasteiger charge is 2.19. The molecule has 0 radical (unpaired) electrons. The van der Waals surface area contributed by atoms with Crippen molar-refractivity contribution in [1.82, 2.24) is 10.6 Å².